The fraction of sp³-hybridized carbons (Fsp3) is 0.320. The Kier molecular flexibility index (Phi) is 6.63. The summed E-state index contributed by atoms with van der Waals surface area (Å²) >= 11 is 0. The summed E-state index contributed by atoms with van der Waals surface area (Å²) in [5, 5.41) is 7.28. The van der Waals surface area contributed by atoms with Crippen LogP contribution in [-0.2, 0) is 22.7 Å². The number of amides is 2. The lowest BCUT2D eigenvalue weighted by Crippen LogP contribution is -2.28. The number of hydrogen-bond donors (Lipinski definition) is 1. The highest BCUT2D eigenvalue weighted by Crippen LogP contribution is 2.31. The average Bonchev–Trinajstić information content (AvgIpc) is 3.41. The third-order valence-electron chi connectivity index (χ3n) is 5.85. The molecule has 1 aliphatic heterocycles. The highest BCUT2D eigenvalue weighted by Gasteiger charge is 2.34. The van der Waals surface area contributed by atoms with Crippen LogP contribution in [-0.4, -0.2) is 47.3 Å². The zero-order valence-electron chi connectivity index (χ0n) is 19.1. The van der Waals surface area contributed by atoms with Crippen molar-refractivity contribution in [2.45, 2.75) is 26.4 Å². The van der Waals surface area contributed by atoms with Gasteiger partial charge in [-0.05, 0) is 18.6 Å². The Morgan fingerprint density at radius 1 is 1.09 bits per heavy atom. The number of anilines is 1. The Balaban J connectivity index is 1.42. The van der Waals surface area contributed by atoms with Crippen molar-refractivity contribution in [3.63, 3.8) is 0 Å². The van der Waals surface area contributed by atoms with Gasteiger partial charge in [-0.15, -0.1) is 0 Å². The van der Waals surface area contributed by atoms with E-state index in [0.29, 0.717) is 37.0 Å². The van der Waals surface area contributed by atoms with Crippen molar-refractivity contribution in [3.8, 4) is 11.5 Å². The Hall–Kier alpha value is -3.81. The Morgan fingerprint density at radius 2 is 1.88 bits per heavy atom. The van der Waals surface area contributed by atoms with E-state index in [2.05, 4.69) is 10.4 Å². The number of carbonyl (C=O) groups excluding carboxylic acids is 2. The predicted molar refractivity (Wildman–Crippen MR) is 124 cm³/mol. The van der Waals surface area contributed by atoms with Gasteiger partial charge in [0.25, 0.3) is 0 Å². The molecule has 4 rings (SSSR count). The number of carbonyl (C=O) groups is 2. The second-order valence-electron chi connectivity index (χ2n) is 8.18. The van der Waals surface area contributed by atoms with Crippen LogP contribution in [0.15, 0.2) is 54.7 Å². The number of rotatable bonds is 8. The standard InChI is InChI=1S/C25H28N4O4/c1-17-7-9-18(10-8-17)14-28-15-20(13-23(28)30)25(31)27-22-11-12-26-29(22)16-19-5-4-6-21(32-2)24(19)33-3/h4-12,20H,13-16H2,1-3H3,(H,27,31). The number of benzene rings is 2. The highest BCUT2D eigenvalue weighted by atomic mass is 16.5. The molecule has 1 aliphatic rings. The van der Waals surface area contributed by atoms with Crippen LogP contribution in [0.4, 0.5) is 5.82 Å². The van der Waals surface area contributed by atoms with E-state index in [1.165, 1.54) is 5.56 Å². The molecule has 1 saturated heterocycles. The molecule has 1 atom stereocenters. The number of likely N-dealkylation sites (tertiary alicyclic amines) is 1. The molecule has 2 aromatic carbocycles. The number of aromatic nitrogens is 2. The molecule has 2 heterocycles. The largest absolute Gasteiger partial charge is 0.493 e. The van der Waals surface area contributed by atoms with Gasteiger partial charge in [-0.3, -0.25) is 9.59 Å². The van der Waals surface area contributed by atoms with E-state index in [0.717, 1.165) is 11.1 Å². The summed E-state index contributed by atoms with van der Waals surface area (Å²) in [6, 6.07) is 15.5. The van der Waals surface area contributed by atoms with E-state index >= 15 is 0 Å². The molecule has 0 radical (unpaired) electrons. The average molecular weight is 449 g/mol. The summed E-state index contributed by atoms with van der Waals surface area (Å²) in [6.07, 6.45) is 1.83. The number of methoxy groups -OCH3 is 2. The van der Waals surface area contributed by atoms with E-state index < -0.39 is 5.92 Å². The molecule has 172 valence electrons. The molecule has 1 N–H and O–H groups in total. The lowest BCUT2D eigenvalue weighted by molar-refractivity contribution is -0.128. The first-order valence-corrected chi connectivity index (χ1v) is 10.8. The topological polar surface area (TPSA) is 85.7 Å². The molecule has 0 saturated carbocycles. The maximum atomic E-state index is 13.0. The van der Waals surface area contributed by atoms with Crippen molar-refractivity contribution in [1.82, 2.24) is 14.7 Å². The number of nitrogens with zero attached hydrogens (tertiary/aromatic N) is 3. The van der Waals surface area contributed by atoms with Crippen LogP contribution in [0.25, 0.3) is 0 Å². The Labute approximate surface area is 193 Å². The van der Waals surface area contributed by atoms with Crippen LogP contribution in [0.1, 0.15) is 23.1 Å². The van der Waals surface area contributed by atoms with Gasteiger partial charge < -0.3 is 19.7 Å². The molecule has 0 spiro atoms. The first-order chi connectivity index (χ1) is 16.0. The van der Waals surface area contributed by atoms with Crippen LogP contribution in [0.5, 0.6) is 11.5 Å². The lowest BCUT2D eigenvalue weighted by Gasteiger charge is -2.17. The highest BCUT2D eigenvalue weighted by molar-refractivity contribution is 5.96. The summed E-state index contributed by atoms with van der Waals surface area (Å²) in [4.78, 5) is 27.2. The molecule has 1 aromatic heterocycles. The minimum atomic E-state index is -0.405. The van der Waals surface area contributed by atoms with Crippen LogP contribution in [0, 0.1) is 12.8 Å². The minimum Gasteiger partial charge on any atom is -0.493 e. The van der Waals surface area contributed by atoms with Gasteiger partial charge in [0, 0.05) is 31.1 Å². The van der Waals surface area contributed by atoms with Crippen LogP contribution < -0.4 is 14.8 Å². The zero-order chi connectivity index (χ0) is 23.4. The molecule has 1 fully saturated rings. The second-order valence-corrected chi connectivity index (χ2v) is 8.18. The molecule has 33 heavy (non-hydrogen) atoms. The zero-order valence-corrected chi connectivity index (χ0v) is 19.1. The third kappa shape index (κ3) is 5.00. The van der Waals surface area contributed by atoms with E-state index in [-0.39, 0.29) is 18.2 Å². The Morgan fingerprint density at radius 3 is 2.61 bits per heavy atom. The summed E-state index contributed by atoms with van der Waals surface area (Å²) in [5.41, 5.74) is 3.10. The van der Waals surface area contributed by atoms with E-state index in [4.69, 9.17) is 9.47 Å². The molecule has 2 amide bonds. The monoisotopic (exact) mass is 448 g/mol. The van der Waals surface area contributed by atoms with Crippen molar-refractivity contribution < 1.29 is 19.1 Å². The van der Waals surface area contributed by atoms with Crippen molar-refractivity contribution in [3.05, 3.63) is 71.4 Å². The first kappa shape index (κ1) is 22.4. The van der Waals surface area contributed by atoms with Crippen LogP contribution in [0.3, 0.4) is 0 Å². The van der Waals surface area contributed by atoms with Gasteiger partial charge in [-0.25, -0.2) is 4.68 Å². The predicted octanol–water partition coefficient (Wildman–Crippen LogP) is 3.24. The second kappa shape index (κ2) is 9.77. The van der Waals surface area contributed by atoms with Gasteiger partial charge in [0.15, 0.2) is 11.5 Å². The van der Waals surface area contributed by atoms with Crippen molar-refractivity contribution in [2.75, 3.05) is 26.1 Å². The molecule has 0 aliphatic carbocycles. The summed E-state index contributed by atoms with van der Waals surface area (Å²) in [5.74, 6) is 1.22. The van der Waals surface area contributed by atoms with Gasteiger partial charge in [0.1, 0.15) is 5.82 Å². The normalized spacial score (nSPS) is 15.5. The fourth-order valence-corrected chi connectivity index (χ4v) is 4.05. The lowest BCUT2D eigenvalue weighted by atomic mass is 10.1. The quantitative estimate of drug-likeness (QED) is 0.572. The summed E-state index contributed by atoms with van der Waals surface area (Å²) in [6.45, 7) is 3.33. The third-order valence-corrected chi connectivity index (χ3v) is 5.85. The van der Waals surface area contributed by atoms with Crippen molar-refractivity contribution >= 4 is 17.6 Å². The van der Waals surface area contributed by atoms with Gasteiger partial charge in [0.2, 0.25) is 11.8 Å². The molecular weight excluding hydrogens is 420 g/mol. The number of hydrogen-bond acceptors (Lipinski definition) is 5. The van der Waals surface area contributed by atoms with E-state index in [1.54, 1.807) is 36.1 Å². The van der Waals surface area contributed by atoms with Gasteiger partial charge in [-0.2, -0.15) is 5.10 Å². The van der Waals surface area contributed by atoms with E-state index in [1.807, 2.05) is 49.4 Å². The summed E-state index contributed by atoms with van der Waals surface area (Å²) < 4.78 is 12.6. The van der Waals surface area contributed by atoms with Gasteiger partial charge >= 0.3 is 0 Å². The van der Waals surface area contributed by atoms with Crippen LogP contribution >= 0.6 is 0 Å². The smallest absolute Gasteiger partial charge is 0.230 e. The molecule has 3 aromatic rings. The van der Waals surface area contributed by atoms with Gasteiger partial charge in [0.05, 0.1) is 32.9 Å². The molecule has 1 unspecified atom stereocenters. The van der Waals surface area contributed by atoms with Crippen molar-refractivity contribution in [1.29, 1.82) is 0 Å². The Bertz CT molecular complexity index is 1140. The molecular formula is C25H28N4O4. The molecule has 8 nitrogen and oxygen atoms in total. The fourth-order valence-electron chi connectivity index (χ4n) is 4.05. The first-order valence-electron chi connectivity index (χ1n) is 10.8. The number of ether oxygens (including phenoxy) is 2. The molecule has 0 bridgehead atoms. The summed E-state index contributed by atoms with van der Waals surface area (Å²) in [7, 11) is 3.18. The SMILES string of the molecule is COc1cccc(Cn2nccc2NC(=O)C2CC(=O)N(Cc3ccc(C)cc3)C2)c1OC. The maximum absolute atomic E-state index is 13.0. The number of para-hydroxylation sites is 1. The minimum absolute atomic E-state index is 0.00894. The van der Waals surface area contributed by atoms with Crippen LogP contribution in [0.2, 0.25) is 0 Å². The van der Waals surface area contributed by atoms with Gasteiger partial charge in [-0.1, -0.05) is 42.0 Å². The maximum Gasteiger partial charge on any atom is 0.230 e. The molecule has 8 heteroatoms. The number of nitrogens with one attached hydrogen (secondary N) is 1. The number of aryl methyl sites for hydroxylation is 1. The van der Waals surface area contributed by atoms with E-state index in [9.17, 15) is 9.59 Å². The van der Waals surface area contributed by atoms with Crippen molar-refractivity contribution in [2.24, 2.45) is 5.92 Å².